The van der Waals surface area contributed by atoms with Gasteiger partial charge >= 0.3 is 0 Å². The van der Waals surface area contributed by atoms with Crippen molar-refractivity contribution in [3.8, 4) is 5.75 Å². The molecule has 2 heterocycles. The highest BCUT2D eigenvalue weighted by Crippen LogP contribution is 2.29. The van der Waals surface area contributed by atoms with E-state index in [1.807, 2.05) is 23.1 Å². The molecule has 0 radical (unpaired) electrons. The number of ether oxygens (including phenoxy) is 1. The molecule has 29 heavy (non-hydrogen) atoms. The fourth-order valence-corrected chi connectivity index (χ4v) is 3.85. The second-order valence-electron chi connectivity index (χ2n) is 6.69. The lowest BCUT2D eigenvalue weighted by Crippen LogP contribution is -2.36. The number of carbonyl (C=O) groups is 1. The van der Waals surface area contributed by atoms with Crippen LogP contribution in [0.25, 0.3) is 0 Å². The molecule has 1 aliphatic heterocycles. The van der Waals surface area contributed by atoms with Crippen LogP contribution >= 0.6 is 11.8 Å². The maximum absolute atomic E-state index is 13.0. The van der Waals surface area contributed by atoms with Crippen molar-refractivity contribution in [3.05, 3.63) is 65.8 Å². The number of carbonyl (C=O) groups excluding carboxylic acids is 1. The van der Waals surface area contributed by atoms with Gasteiger partial charge in [-0.05, 0) is 55.7 Å². The first-order chi connectivity index (χ1) is 14.1. The third kappa shape index (κ3) is 4.59. The van der Waals surface area contributed by atoms with E-state index in [1.54, 1.807) is 6.92 Å². The van der Waals surface area contributed by atoms with Gasteiger partial charge in [0.15, 0.2) is 6.10 Å². The van der Waals surface area contributed by atoms with E-state index >= 15 is 0 Å². The van der Waals surface area contributed by atoms with Crippen molar-refractivity contribution in [2.75, 3.05) is 17.2 Å². The van der Waals surface area contributed by atoms with E-state index in [9.17, 15) is 9.18 Å². The number of nitrogens with zero attached hydrogens (tertiary/aromatic N) is 3. The summed E-state index contributed by atoms with van der Waals surface area (Å²) < 4.78 is 24.3. The van der Waals surface area contributed by atoms with Crippen molar-refractivity contribution in [1.29, 1.82) is 0 Å². The number of hydrogen-bond acceptors (Lipinski definition) is 6. The molecule has 1 aromatic heterocycles. The Kier molecular flexibility index (Phi) is 5.80. The van der Waals surface area contributed by atoms with Gasteiger partial charge in [0.2, 0.25) is 5.91 Å². The summed E-state index contributed by atoms with van der Waals surface area (Å²) in [5.74, 6) is 0.696. The predicted molar refractivity (Wildman–Crippen MR) is 108 cm³/mol. The van der Waals surface area contributed by atoms with E-state index in [0.29, 0.717) is 23.4 Å². The van der Waals surface area contributed by atoms with Crippen LogP contribution in [0.2, 0.25) is 0 Å². The lowest BCUT2D eigenvalue weighted by molar-refractivity contribution is -0.116. The molecule has 150 valence electrons. The van der Waals surface area contributed by atoms with Crippen molar-refractivity contribution in [1.82, 2.24) is 10.2 Å². The summed E-state index contributed by atoms with van der Waals surface area (Å²) in [7, 11) is 0. The summed E-state index contributed by atoms with van der Waals surface area (Å²) in [6, 6.07) is 13.7. The van der Waals surface area contributed by atoms with E-state index in [0.717, 1.165) is 18.5 Å². The van der Waals surface area contributed by atoms with Crippen LogP contribution in [0.15, 0.2) is 58.2 Å². The van der Waals surface area contributed by atoms with Gasteiger partial charge in [-0.15, -0.1) is 10.2 Å². The zero-order chi connectivity index (χ0) is 20.2. The summed E-state index contributed by atoms with van der Waals surface area (Å²) >= 11 is 1.21. The van der Waals surface area contributed by atoms with Gasteiger partial charge in [-0.25, -0.2) is 4.39 Å². The fourth-order valence-electron chi connectivity index (χ4n) is 3.20. The SMILES string of the molecule is C[C@@H](Oc1ccc(F)cc1)c1nnc(SCC(=O)N2CCCc3ccccc32)o1. The van der Waals surface area contributed by atoms with Crippen LogP contribution in [0.4, 0.5) is 10.1 Å². The number of thioether (sulfide) groups is 1. The topological polar surface area (TPSA) is 68.5 Å². The quantitative estimate of drug-likeness (QED) is 0.557. The Bertz CT molecular complexity index is 993. The lowest BCUT2D eigenvalue weighted by Gasteiger charge is -2.29. The van der Waals surface area contributed by atoms with E-state index in [4.69, 9.17) is 9.15 Å². The number of hydrogen-bond donors (Lipinski definition) is 0. The van der Waals surface area contributed by atoms with Crippen molar-refractivity contribution in [2.45, 2.75) is 31.1 Å². The molecule has 0 bridgehead atoms. The zero-order valence-electron chi connectivity index (χ0n) is 15.9. The number of halogens is 1. The molecule has 8 heteroatoms. The lowest BCUT2D eigenvalue weighted by atomic mass is 10.0. The maximum atomic E-state index is 13.0. The van der Waals surface area contributed by atoms with Gasteiger partial charge in [-0.1, -0.05) is 30.0 Å². The van der Waals surface area contributed by atoms with Crippen molar-refractivity contribution in [3.63, 3.8) is 0 Å². The van der Waals surface area contributed by atoms with Crippen LogP contribution in [0, 0.1) is 5.82 Å². The number of para-hydroxylation sites is 1. The average molecular weight is 413 g/mol. The Morgan fingerprint density at radius 3 is 2.86 bits per heavy atom. The molecule has 0 spiro atoms. The minimum atomic E-state index is -0.494. The number of aromatic nitrogens is 2. The fraction of sp³-hybridized carbons (Fsp3) is 0.286. The Hall–Kier alpha value is -2.87. The van der Waals surface area contributed by atoms with Gasteiger partial charge in [-0.3, -0.25) is 4.79 Å². The van der Waals surface area contributed by atoms with Gasteiger partial charge in [-0.2, -0.15) is 0 Å². The van der Waals surface area contributed by atoms with Gasteiger partial charge < -0.3 is 14.1 Å². The molecule has 2 aromatic carbocycles. The summed E-state index contributed by atoms with van der Waals surface area (Å²) in [5.41, 5.74) is 2.18. The maximum Gasteiger partial charge on any atom is 0.277 e. The molecule has 0 aliphatic carbocycles. The minimum Gasteiger partial charge on any atom is -0.481 e. The van der Waals surface area contributed by atoms with Crippen molar-refractivity contribution in [2.24, 2.45) is 0 Å². The molecule has 0 fully saturated rings. The number of amides is 1. The standard InChI is InChI=1S/C21H20FN3O3S/c1-14(27-17-10-8-16(22)9-11-17)20-23-24-21(28-20)29-13-19(26)25-12-4-6-15-5-2-3-7-18(15)25/h2-3,5,7-11,14H,4,6,12-13H2,1H3/t14-/m1/s1. The van der Waals surface area contributed by atoms with Gasteiger partial charge in [0.05, 0.1) is 5.75 Å². The molecule has 1 amide bonds. The molecule has 0 unspecified atom stereocenters. The number of benzene rings is 2. The van der Waals surface area contributed by atoms with Crippen LogP contribution in [-0.4, -0.2) is 28.4 Å². The summed E-state index contributed by atoms with van der Waals surface area (Å²) in [6.07, 6.45) is 1.45. The predicted octanol–water partition coefficient (Wildman–Crippen LogP) is 4.42. The first-order valence-electron chi connectivity index (χ1n) is 9.37. The summed E-state index contributed by atoms with van der Waals surface area (Å²) in [5, 5.41) is 8.30. The van der Waals surface area contributed by atoms with Crippen LogP contribution < -0.4 is 9.64 Å². The molecule has 1 atom stereocenters. The van der Waals surface area contributed by atoms with E-state index < -0.39 is 6.10 Å². The van der Waals surface area contributed by atoms with E-state index in [-0.39, 0.29) is 17.5 Å². The first kappa shape index (κ1) is 19.4. The number of fused-ring (bicyclic) bond motifs is 1. The Morgan fingerprint density at radius 1 is 1.24 bits per heavy atom. The summed E-state index contributed by atoms with van der Waals surface area (Å²) in [6.45, 7) is 2.48. The van der Waals surface area contributed by atoms with Crippen molar-refractivity contribution < 1.29 is 18.3 Å². The average Bonchev–Trinajstić information content (AvgIpc) is 3.22. The zero-order valence-corrected chi connectivity index (χ0v) is 16.7. The highest BCUT2D eigenvalue weighted by Gasteiger charge is 2.23. The number of rotatable bonds is 6. The third-order valence-corrected chi connectivity index (χ3v) is 5.43. The van der Waals surface area contributed by atoms with Crippen LogP contribution in [0.1, 0.15) is 30.9 Å². The number of anilines is 1. The van der Waals surface area contributed by atoms with Crippen molar-refractivity contribution >= 4 is 23.4 Å². The molecule has 0 saturated carbocycles. The second kappa shape index (κ2) is 8.65. The van der Waals surface area contributed by atoms with Crippen LogP contribution in [0.3, 0.4) is 0 Å². The summed E-state index contributed by atoms with van der Waals surface area (Å²) in [4.78, 5) is 14.5. The highest BCUT2D eigenvalue weighted by molar-refractivity contribution is 7.99. The highest BCUT2D eigenvalue weighted by atomic mass is 32.2. The van der Waals surface area contributed by atoms with Crippen LogP contribution in [-0.2, 0) is 11.2 Å². The van der Waals surface area contributed by atoms with E-state index in [1.165, 1.54) is 41.6 Å². The molecule has 3 aromatic rings. The van der Waals surface area contributed by atoms with Gasteiger partial charge in [0.25, 0.3) is 11.1 Å². The Morgan fingerprint density at radius 2 is 2.03 bits per heavy atom. The second-order valence-corrected chi connectivity index (χ2v) is 7.61. The number of aryl methyl sites for hydroxylation is 1. The molecular weight excluding hydrogens is 393 g/mol. The normalized spacial score (nSPS) is 14.3. The van der Waals surface area contributed by atoms with Gasteiger partial charge in [0, 0.05) is 12.2 Å². The van der Waals surface area contributed by atoms with Crippen LogP contribution in [0.5, 0.6) is 5.75 Å². The Balaban J connectivity index is 1.35. The third-order valence-electron chi connectivity index (χ3n) is 4.63. The molecule has 0 N–H and O–H groups in total. The molecule has 6 nitrogen and oxygen atoms in total. The van der Waals surface area contributed by atoms with Gasteiger partial charge in [0.1, 0.15) is 11.6 Å². The first-order valence-corrected chi connectivity index (χ1v) is 10.4. The largest absolute Gasteiger partial charge is 0.481 e. The Labute approximate surface area is 172 Å². The monoisotopic (exact) mass is 413 g/mol. The smallest absolute Gasteiger partial charge is 0.277 e. The minimum absolute atomic E-state index is 0.0116. The molecular formula is C21H20FN3O3S. The molecule has 4 rings (SSSR count). The molecule has 0 saturated heterocycles. The van der Waals surface area contributed by atoms with E-state index in [2.05, 4.69) is 16.3 Å². The molecule has 1 aliphatic rings.